The van der Waals surface area contributed by atoms with Crippen molar-refractivity contribution in [3.05, 3.63) is 30.1 Å². The minimum absolute atomic E-state index is 0.0809. The Bertz CT molecular complexity index is 211. The molecule has 0 fully saturated rings. The fourth-order valence-corrected chi connectivity index (χ4v) is 0.587. The number of ketones is 1. The first-order valence-electron chi connectivity index (χ1n) is 4.09. The summed E-state index contributed by atoms with van der Waals surface area (Å²) in [5.41, 5.74) is 0.713. The van der Waals surface area contributed by atoms with E-state index in [4.69, 9.17) is 0 Å². The summed E-state index contributed by atoms with van der Waals surface area (Å²) >= 11 is 0. The summed E-state index contributed by atoms with van der Waals surface area (Å²) in [7, 11) is 0.500. The maximum Gasteiger partial charge on any atom is 0.159 e. The molecule has 1 aromatic rings. The van der Waals surface area contributed by atoms with E-state index in [1.807, 2.05) is 13.8 Å². The number of Topliss-reactive ketones (excluding diaryl/α,β-unsaturated/α-hetero) is 1. The van der Waals surface area contributed by atoms with Gasteiger partial charge in [-0.3, -0.25) is 14.2 Å². The van der Waals surface area contributed by atoms with Gasteiger partial charge in [-0.05, 0) is 19.1 Å². The molecule has 0 amide bonds. The molecule has 0 unspecified atom stereocenters. The second-order valence-corrected chi connectivity index (χ2v) is 1.79. The topological polar surface area (TPSA) is 30.0 Å². The molecule has 0 saturated heterocycles. The van der Waals surface area contributed by atoms with Crippen LogP contribution in [-0.2, 0) is 0 Å². The molecule has 0 bridgehead atoms. The highest BCUT2D eigenvalue weighted by atomic mass is 19.1. The van der Waals surface area contributed by atoms with Crippen LogP contribution in [0.1, 0.15) is 31.1 Å². The average Bonchev–Trinajstić information content (AvgIpc) is 2.25. The van der Waals surface area contributed by atoms with E-state index in [0.29, 0.717) is 12.7 Å². The number of carbonyl (C=O) groups is 1. The quantitative estimate of drug-likeness (QED) is 0.630. The minimum atomic E-state index is 0.0809. The molecule has 0 saturated carbocycles. The summed E-state index contributed by atoms with van der Waals surface area (Å²) in [5.74, 6) is 0.0809. The summed E-state index contributed by atoms with van der Waals surface area (Å²) in [6, 6.07) is 3.39. The lowest BCUT2D eigenvalue weighted by Crippen LogP contribution is -1.89. The van der Waals surface area contributed by atoms with Crippen LogP contribution in [-0.4, -0.2) is 17.9 Å². The third-order valence-electron chi connectivity index (χ3n) is 1.09. The molecule has 0 aliphatic rings. The lowest BCUT2D eigenvalue weighted by atomic mass is 10.2. The molecular weight excluding hydrogens is 169 g/mol. The maximum atomic E-state index is 10.6. The maximum absolute atomic E-state index is 10.6. The molecule has 0 aliphatic heterocycles. The first-order valence-corrected chi connectivity index (χ1v) is 4.09. The number of pyridine rings is 1. The van der Waals surface area contributed by atoms with E-state index < -0.39 is 0 Å². The highest BCUT2D eigenvalue weighted by molar-refractivity contribution is 5.93. The zero-order chi connectivity index (χ0) is 10.7. The molecule has 0 atom stereocenters. The molecule has 1 heterocycles. The first-order chi connectivity index (χ1) is 6.30. The summed E-state index contributed by atoms with van der Waals surface area (Å²) in [6.07, 6.45) is 3.22. The fourth-order valence-electron chi connectivity index (χ4n) is 0.587. The Morgan fingerprint density at radius 2 is 1.62 bits per heavy atom. The van der Waals surface area contributed by atoms with Crippen LogP contribution in [0.15, 0.2) is 24.5 Å². The highest BCUT2D eigenvalue weighted by Crippen LogP contribution is 1.95. The highest BCUT2D eigenvalue weighted by Gasteiger charge is 1.93. The molecule has 2 nitrogen and oxygen atoms in total. The zero-order valence-electron chi connectivity index (χ0n) is 8.54. The summed E-state index contributed by atoms with van der Waals surface area (Å²) in [5, 5.41) is 0. The van der Waals surface area contributed by atoms with Gasteiger partial charge in [0, 0.05) is 18.0 Å². The van der Waals surface area contributed by atoms with Crippen molar-refractivity contribution in [1.82, 2.24) is 4.98 Å². The zero-order valence-corrected chi connectivity index (χ0v) is 8.54. The van der Waals surface area contributed by atoms with E-state index in [-0.39, 0.29) is 5.78 Å². The van der Waals surface area contributed by atoms with Crippen molar-refractivity contribution in [2.24, 2.45) is 0 Å². The van der Waals surface area contributed by atoms with Crippen LogP contribution in [0, 0.1) is 0 Å². The molecule has 13 heavy (non-hydrogen) atoms. The van der Waals surface area contributed by atoms with Crippen LogP contribution in [0.3, 0.4) is 0 Å². The Labute approximate surface area is 78.8 Å². The van der Waals surface area contributed by atoms with E-state index in [9.17, 15) is 9.18 Å². The van der Waals surface area contributed by atoms with Gasteiger partial charge in [0.1, 0.15) is 0 Å². The molecule has 0 N–H and O–H groups in total. The van der Waals surface area contributed by atoms with Gasteiger partial charge >= 0.3 is 0 Å². The monoisotopic (exact) mass is 185 g/mol. The molecule has 0 radical (unpaired) electrons. The number of aromatic nitrogens is 1. The first kappa shape index (κ1) is 14.3. The van der Waals surface area contributed by atoms with Gasteiger partial charge in [0.05, 0.1) is 7.18 Å². The number of alkyl halides is 1. The van der Waals surface area contributed by atoms with Gasteiger partial charge in [0.25, 0.3) is 0 Å². The van der Waals surface area contributed by atoms with Crippen molar-refractivity contribution in [2.75, 3.05) is 7.18 Å². The predicted octanol–water partition coefficient (Wildman–Crippen LogP) is 2.90. The van der Waals surface area contributed by atoms with Gasteiger partial charge < -0.3 is 0 Å². The van der Waals surface area contributed by atoms with Crippen LogP contribution in [0.4, 0.5) is 4.39 Å². The standard InChI is InChI=1S/C7H7NO.C2H6.CH3F/c1-6(9)7-2-4-8-5-3-7;2*1-2/h2-5H,1H3;1-2H3;1H3. The third-order valence-corrected chi connectivity index (χ3v) is 1.09. The number of halogens is 1. The van der Waals surface area contributed by atoms with Crippen LogP contribution in [0.5, 0.6) is 0 Å². The Kier molecular flexibility index (Phi) is 11.8. The fraction of sp³-hybridized carbons (Fsp3) is 0.400. The molecule has 0 aromatic carbocycles. The van der Waals surface area contributed by atoms with E-state index >= 15 is 0 Å². The van der Waals surface area contributed by atoms with E-state index in [2.05, 4.69) is 4.98 Å². The summed E-state index contributed by atoms with van der Waals surface area (Å²) in [4.78, 5) is 14.4. The van der Waals surface area contributed by atoms with Gasteiger partial charge in [-0.1, -0.05) is 13.8 Å². The Morgan fingerprint density at radius 1 is 1.23 bits per heavy atom. The number of carbonyl (C=O) groups excluding carboxylic acids is 1. The second kappa shape index (κ2) is 10.8. The van der Waals surface area contributed by atoms with Gasteiger partial charge in [0.15, 0.2) is 5.78 Å². The van der Waals surface area contributed by atoms with E-state index in [0.717, 1.165) is 0 Å². The second-order valence-electron chi connectivity index (χ2n) is 1.79. The molecule has 0 aliphatic carbocycles. The Morgan fingerprint density at radius 3 is 1.85 bits per heavy atom. The number of hydrogen-bond donors (Lipinski definition) is 0. The van der Waals surface area contributed by atoms with Crippen molar-refractivity contribution in [3.63, 3.8) is 0 Å². The van der Waals surface area contributed by atoms with Gasteiger partial charge in [-0.15, -0.1) is 0 Å². The number of nitrogens with zero attached hydrogens (tertiary/aromatic N) is 1. The predicted molar refractivity (Wildman–Crippen MR) is 52.6 cm³/mol. The van der Waals surface area contributed by atoms with Crippen LogP contribution < -0.4 is 0 Å². The van der Waals surface area contributed by atoms with Gasteiger partial charge in [0.2, 0.25) is 0 Å². The van der Waals surface area contributed by atoms with Crippen LogP contribution >= 0.6 is 0 Å². The van der Waals surface area contributed by atoms with Crippen LogP contribution in [0.2, 0.25) is 0 Å². The molecule has 1 aromatic heterocycles. The van der Waals surface area contributed by atoms with Crippen molar-refractivity contribution in [2.45, 2.75) is 20.8 Å². The lowest BCUT2D eigenvalue weighted by molar-refractivity contribution is 0.101. The molecule has 0 spiro atoms. The smallest absolute Gasteiger partial charge is 0.159 e. The molecular formula is C10H16FNO. The largest absolute Gasteiger partial charge is 0.295 e. The minimum Gasteiger partial charge on any atom is -0.295 e. The molecule has 1 rings (SSSR count). The average molecular weight is 185 g/mol. The normalized spacial score (nSPS) is 7.15. The van der Waals surface area contributed by atoms with Crippen LogP contribution in [0.25, 0.3) is 0 Å². The Hall–Kier alpha value is -1.25. The molecule has 74 valence electrons. The lowest BCUT2D eigenvalue weighted by Gasteiger charge is -1.88. The summed E-state index contributed by atoms with van der Waals surface area (Å²) < 4.78 is 9.50. The van der Waals surface area contributed by atoms with Crippen molar-refractivity contribution in [1.29, 1.82) is 0 Å². The SMILES string of the molecule is CC.CC(=O)c1ccncc1.CF. The molecule has 3 heteroatoms. The number of rotatable bonds is 1. The number of hydrogen-bond acceptors (Lipinski definition) is 2. The van der Waals surface area contributed by atoms with Crippen molar-refractivity contribution >= 4 is 5.78 Å². The van der Waals surface area contributed by atoms with Gasteiger partial charge in [-0.25, -0.2) is 0 Å². The van der Waals surface area contributed by atoms with Crippen molar-refractivity contribution < 1.29 is 9.18 Å². The van der Waals surface area contributed by atoms with Gasteiger partial charge in [-0.2, -0.15) is 0 Å². The van der Waals surface area contributed by atoms with E-state index in [1.165, 1.54) is 6.92 Å². The third kappa shape index (κ3) is 7.12. The summed E-state index contributed by atoms with van der Waals surface area (Å²) in [6.45, 7) is 5.54. The Balaban J connectivity index is 0. The van der Waals surface area contributed by atoms with Crippen molar-refractivity contribution in [3.8, 4) is 0 Å². The van der Waals surface area contributed by atoms with E-state index in [1.54, 1.807) is 24.5 Å².